The Hall–Kier alpha value is -4.46. The fraction of sp³-hybridized carbons (Fsp3) is 0.214. The number of hydrogen-bond donors (Lipinski definition) is 1. The molecule has 36 heavy (non-hydrogen) atoms. The van der Waals surface area contributed by atoms with Crippen LogP contribution < -0.4 is 29.2 Å². The topological polar surface area (TPSA) is 86.3 Å². The zero-order valence-corrected chi connectivity index (χ0v) is 20.4. The van der Waals surface area contributed by atoms with E-state index in [4.69, 9.17) is 18.9 Å². The number of hydrogen-bond acceptors (Lipinski definition) is 6. The van der Waals surface area contributed by atoms with Crippen molar-refractivity contribution in [2.75, 3.05) is 37.6 Å². The minimum atomic E-state index is -0.648. The Kier molecular flexibility index (Phi) is 7.75. The highest BCUT2D eigenvalue weighted by Crippen LogP contribution is 2.36. The molecule has 3 aromatic carbocycles. The maximum absolute atomic E-state index is 12.7. The zero-order chi connectivity index (χ0) is 25.5. The smallest absolute Gasteiger partial charge is 0.267 e. The lowest BCUT2D eigenvalue weighted by atomic mass is 10.1. The van der Waals surface area contributed by atoms with Crippen LogP contribution in [-0.2, 0) is 9.59 Å². The van der Waals surface area contributed by atoms with E-state index < -0.39 is 6.10 Å². The summed E-state index contributed by atoms with van der Waals surface area (Å²) in [7, 11) is 3.12. The average molecular weight is 489 g/mol. The number of benzene rings is 3. The van der Waals surface area contributed by atoms with Gasteiger partial charge < -0.3 is 29.2 Å². The second kappa shape index (κ2) is 11.3. The minimum Gasteiger partial charge on any atom is -0.493 e. The molecule has 1 atom stereocenters. The Balaban J connectivity index is 1.42. The molecule has 1 unspecified atom stereocenters. The molecule has 1 aliphatic rings. The molecule has 1 aliphatic heterocycles. The number of para-hydroxylation sites is 1. The summed E-state index contributed by atoms with van der Waals surface area (Å²) in [4.78, 5) is 26.9. The van der Waals surface area contributed by atoms with Crippen LogP contribution in [0.4, 0.5) is 11.4 Å². The zero-order valence-electron chi connectivity index (χ0n) is 20.4. The number of anilines is 2. The SMILES string of the molecule is COc1ccc(/C=C/C(=O)Nc2ccc3c(c2)OC(C)C(=O)N3CCOc2ccccc2)cc1OC. The van der Waals surface area contributed by atoms with Crippen molar-refractivity contribution < 1.29 is 28.5 Å². The molecule has 1 N–H and O–H groups in total. The van der Waals surface area contributed by atoms with E-state index in [0.717, 1.165) is 11.3 Å². The van der Waals surface area contributed by atoms with Crippen molar-refractivity contribution in [1.29, 1.82) is 0 Å². The Bertz CT molecular complexity index is 1260. The van der Waals surface area contributed by atoms with Crippen LogP contribution in [0.25, 0.3) is 6.08 Å². The molecule has 0 saturated carbocycles. The molecule has 186 valence electrons. The van der Waals surface area contributed by atoms with Gasteiger partial charge in [-0.2, -0.15) is 0 Å². The Morgan fingerprint density at radius 1 is 1.03 bits per heavy atom. The number of methoxy groups -OCH3 is 2. The fourth-order valence-corrected chi connectivity index (χ4v) is 3.80. The Morgan fingerprint density at radius 3 is 2.56 bits per heavy atom. The first kappa shape index (κ1) is 24.7. The van der Waals surface area contributed by atoms with Crippen LogP contribution in [0.3, 0.4) is 0 Å². The first-order valence-electron chi connectivity index (χ1n) is 11.5. The van der Waals surface area contributed by atoms with Crippen molar-refractivity contribution in [3.8, 4) is 23.0 Å². The largest absolute Gasteiger partial charge is 0.493 e. The normalized spacial score (nSPS) is 14.7. The molecule has 3 aromatic rings. The standard InChI is InChI=1S/C28H28N2O6/c1-19-28(32)30(15-16-35-22-7-5-4-6-8-22)23-12-11-21(18-25(23)36-19)29-27(31)14-10-20-9-13-24(33-2)26(17-20)34-3/h4-14,17-19H,15-16H2,1-3H3,(H,29,31)/b14-10+. The molecule has 0 fully saturated rings. The first-order valence-corrected chi connectivity index (χ1v) is 11.5. The second-order valence-corrected chi connectivity index (χ2v) is 8.03. The van der Waals surface area contributed by atoms with E-state index in [-0.39, 0.29) is 11.8 Å². The van der Waals surface area contributed by atoms with Gasteiger partial charge in [0.05, 0.1) is 26.5 Å². The molecule has 0 aromatic heterocycles. The number of carbonyl (C=O) groups excluding carboxylic acids is 2. The van der Waals surface area contributed by atoms with E-state index in [1.807, 2.05) is 36.4 Å². The van der Waals surface area contributed by atoms with E-state index in [1.165, 1.54) is 6.08 Å². The summed E-state index contributed by atoms with van der Waals surface area (Å²) in [6, 6.07) is 20.0. The van der Waals surface area contributed by atoms with Crippen molar-refractivity contribution in [2.24, 2.45) is 0 Å². The quantitative estimate of drug-likeness (QED) is 0.445. The summed E-state index contributed by atoms with van der Waals surface area (Å²) in [6.45, 7) is 2.41. The molecule has 0 aliphatic carbocycles. The second-order valence-electron chi connectivity index (χ2n) is 8.03. The van der Waals surface area contributed by atoms with Gasteiger partial charge in [0.25, 0.3) is 5.91 Å². The number of nitrogens with one attached hydrogen (secondary N) is 1. The van der Waals surface area contributed by atoms with Gasteiger partial charge in [0.2, 0.25) is 5.91 Å². The number of fused-ring (bicyclic) bond motifs is 1. The molecule has 0 saturated heterocycles. The van der Waals surface area contributed by atoms with Crippen LogP contribution in [0, 0.1) is 0 Å². The summed E-state index contributed by atoms with van der Waals surface area (Å²) in [5, 5.41) is 2.83. The number of rotatable bonds is 9. The number of ether oxygens (including phenoxy) is 4. The first-order chi connectivity index (χ1) is 17.5. The van der Waals surface area contributed by atoms with Crippen molar-refractivity contribution in [3.63, 3.8) is 0 Å². The van der Waals surface area contributed by atoms with E-state index in [0.29, 0.717) is 41.8 Å². The molecule has 0 spiro atoms. The highest BCUT2D eigenvalue weighted by atomic mass is 16.5. The predicted octanol–water partition coefficient (Wildman–Crippen LogP) is 4.55. The summed E-state index contributed by atoms with van der Waals surface area (Å²) in [5.74, 6) is 2.00. The summed E-state index contributed by atoms with van der Waals surface area (Å²) in [5.41, 5.74) is 1.98. The van der Waals surface area contributed by atoms with Gasteiger partial charge in [-0.05, 0) is 55.0 Å². The van der Waals surface area contributed by atoms with Crippen molar-refractivity contribution in [2.45, 2.75) is 13.0 Å². The minimum absolute atomic E-state index is 0.145. The van der Waals surface area contributed by atoms with E-state index in [1.54, 1.807) is 62.5 Å². The van der Waals surface area contributed by atoms with E-state index in [2.05, 4.69) is 5.32 Å². The number of carbonyl (C=O) groups is 2. The molecular weight excluding hydrogens is 460 g/mol. The molecule has 0 radical (unpaired) electrons. The van der Waals surface area contributed by atoms with Crippen LogP contribution >= 0.6 is 0 Å². The monoisotopic (exact) mass is 488 g/mol. The third-order valence-electron chi connectivity index (χ3n) is 5.60. The van der Waals surface area contributed by atoms with Crippen molar-refractivity contribution in [1.82, 2.24) is 0 Å². The van der Waals surface area contributed by atoms with Crippen LogP contribution in [0.5, 0.6) is 23.0 Å². The van der Waals surface area contributed by atoms with Crippen LogP contribution in [0.1, 0.15) is 12.5 Å². The molecular formula is C28H28N2O6. The predicted molar refractivity (Wildman–Crippen MR) is 138 cm³/mol. The lowest BCUT2D eigenvalue weighted by molar-refractivity contribution is -0.125. The third-order valence-corrected chi connectivity index (χ3v) is 5.60. The van der Waals surface area contributed by atoms with Gasteiger partial charge in [0, 0.05) is 17.8 Å². The van der Waals surface area contributed by atoms with Crippen LogP contribution in [0.15, 0.2) is 72.8 Å². The summed E-state index contributed by atoms with van der Waals surface area (Å²) in [6.07, 6.45) is 2.47. The van der Waals surface area contributed by atoms with E-state index in [9.17, 15) is 9.59 Å². The molecule has 2 amide bonds. The highest BCUT2D eigenvalue weighted by Gasteiger charge is 2.31. The lowest BCUT2D eigenvalue weighted by Crippen LogP contribution is -2.46. The third kappa shape index (κ3) is 5.78. The van der Waals surface area contributed by atoms with E-state index >= 15 is 0 Å². The molecule has 4 rings (SSSR count). The Labute approximate surface area is 210 Å². The van der Waals surface area contributed by atoms with Gasteiger partial charge in [-0.3, -0.25) is 9.59 Å². The van der Waals surface area contributed by atoms with Gasteiger partial charge in [0.1, 0.15) is 18.1 Å². The van der Waals surface area contributed by atoms with Crippen molar-refractivity contribution >= 4 is 29.3 Å². The van der Waals surface area contributed by atoms with Gasteiger partial charge >= 0.3 is 0 Å². The molecule has 0 bridgehead atoms. The van der Waals surface area contributed by atoms with Gasteiger partial charge in [-0.25, -0.2) is 0 Å². The van der Waals surface area contributed by atoms with Gasteiger partial charge in [-0.15, -0.1) is 0 Å². The summed E-state index contributed by atoms with van der Waals surface area (Å²) < 4.78 is 22.1. The lowest BCUT2D eigenvalue weighted by Gasteiger charge is -2.33. The van der Waals surface area contributed by atoms with Gasteiger partial charge in [0.15, 0.2) is 17.6 Å². The molecule has 8 nitrogen and oxygen atoms in total. The summed E-state index contributed by atoms with van der Waals surface area (Å²) >= 11 is 0. The number of nitrogens with zero attached hydrogens (tertiary/aromatic N) is 1. The van der Waals surface area contributed by atoms with Crippen molar-refractivity contribution in [3.05, 3.63) is 78.4 Å². The Morgan fingerprint density at radius 2 is 1.81 bits per heavy atom. The van der Waals surface area contributed by atoms with Crippen LogP contribution in [0.2, 0.25) is 0 Å². The maximum Gasteiger partial charge on any atom is 0.267 e. The number of amides is 2. The van der Waals surface area contributed by atoms with Crippen LogP contribution in [-0.4, -0.2) is 45.3 Å². The fourth-order valence-electron chi connectivity index (χ4n) is 3.80. The van der Waals surface area contributed by atoms with Gasteiger partial charge in [-0.1, -0.05) is 24.3 Å². The molecule has 8 heteroatoms. The maximum atomic E-state index is 12.7. The molecule has 1 heterocycles. The highest BCUT2D eigenvalue weighted by molar-refractivity contribution is 6.03. The average Bonchev–Trinajstić information content (AvgIpc) is 2.90.